The number of rotatable bonds is 2. The number of aliphatic hydroxyl groups excluding tert-OH is 3. The van der Waals surface area contributed by atoms with Crippen molar-refractivity contribution >= 4 is 5.97 Å². The Labute approximate surface area is 166 Å². The topological polar surface area (TPSA) is 116 Å². The van der Waals surface area contributed by atoms with Crippen LogP contribution in [0.15, 0.2) is 12.7 Å². The van der Waals surface area contributed by atoms with Gasteiger partial charge in [0.05, 0.1) is 23.9 Å². The largest absolute Gasteiger partial charge is 0.457 e. The third-order valence-electron chi connectivity index (χ3n) is 7.75. The Morgan fingerprint density at radius 1 is 1.18 bits per heavy atom. The smallest absolute Gasteiger partial charge is 0.303 e. The van der Waals surface area contributed by atoms with E-state index in [1.165, 1.54) is 13.0 Å². The molecule has 2 aliphatic carbocycles. The molecule has 4 N–H and O–H groups in total. The van der Waals surface area contributed by atoms with Gasteiger partial charge in [-0.25, -0.2) is 0 Å². The molecule has 3 rings (SSSR count). The van der Waals surface area contributed by atoms with E-state index in [4.69, 9.17) is 9.47 Å². The molecule has 9 atom stereocenters. The Hall–Kier alpha value is -0.990. The predicted octanol–water partition coefficient (Wildman–Crippen LogP) is 0.922. The zero-order chi connectivity index (χ0) is 21.3. The van der Waals surface area contributed by atoms with Crippen LogP contribution in [0.5, 0.6) is 0 Å². The zero-order valence-corrected chi connectivity index (χ0v) is 17.4. The van der Waals surface area contributed by atoms with Crippen LogP contribution in [-0.2, 0) is 14.3 Å². The molecule has 0 radical (unpaired) electrons. The quantitative estimate of drug-likeness (QED) is 0.404. The molecule has 0 aromatic heterocycles. The summed E-state index contributed by atoms with van der Waals surface area (Å²) in [5.41, 5.74) is -4.63. The number of hydrogen-bond donors (Lipinski definition) is 4. The average molecular weight is 398 g/mol. The number of hydrogen-bond acceptors (Lipinski definition) is 7. The molecule has 0 spiro atoms. The van der Waals surface area contributed by atoms with E-state index in [0.29, 0.717) is 12.8 Å². The molecule has 3 unspecified atom stereocenters. The first-order valence-electron chi connectivity index (χ1n) is 10.00. The summed E-state index contributed by atoms with van der Waals surface area (Å²) in [6.45, 7) is 12.3. The van der Waals surface area contributed by atoms with Crippen LogP contribution in [-0.4, -0.2) is 68.1 Å². The van der Waals surface area contributed by atoms with Gasteiger partial charge in [0, 0.05) is 24.7 Å². The van der Waals surface area contributed by atoms with Crippen LogP contribution in [0.1, 0.15) is 53.9 Å². The average Bonchev–Trinajstić information content (AvgIpc) is 2.58. The van der Waals surface area contributed by atoms with Crippen molar-refractivity contribution in [3.8, 4) is 0 Å². The third-order valence-corrected chi connectivity index (χ3v) is 7.75. The van der Waals surface area contributed by atoms with Crippen molar-refractivity contribution in [1.82, 2.24) is 0 Å². The van der Waals surface area contributed by atoms with Gasteiger partial charge in [-0.2, -0.15) is 0 Å². The minimum atomic E-state index is -1.92. The molecule has 3 aliphatic rings. The number of esters is 1. The number of ether oxygens (including phenoxy) is 2. The van der Waals surface area contributed by atoms with Gasteiger partial charge in [0.1, 0.15) is 11.7 Å². The van der Waals surface area contributed by atoms with Crippen molar-refractivity contribution in [2.45, 2.75) is 95.6 Å². The van der Waals surface area contributed by atoms with Crippen LogP contribution in [0, 0.1) is 16.7 Å². The Morgan fingerprint density at radius 3 is 2.32 bits per heavy atom. The molecule has 1 aliphatic heterocycles. The third kappa shape index (κ3) is 2.70. The van der Waals surface area contributed by atoms with Gasteiger partial charge in [-0.1, -0.05) is 26.8 Å². The van der Waals surface area contributed by atoms with Crippen molar-refractivity contribution in [3.05, 3.63) is 12.7 Å². The fraction of sp³-hybridized carbons (Fsp3) is 0.857. The summed E-state index contributed by atoms with van der Waals surface area (Å²) in [6.07, 6.45) is -3.16. The molecule has 0 amide bonds. The van der Waals surface area contributed by atoms with Crippen molar-refractivity contribution in [2.75, 3.05) is 0 Å². The molecule has 28 heavy (non-hydrogen) atoms. The first-order chi connectivity index (χ1) is 12.7. The standard InChI is InChI=1S/C21H34O7/c1-7-19(5)10-13(24)21(26)17(28-19)15(27-11(2)22)14(25)16-18(3,4)9-8-12(23)20(16,21)6/h7,12-17,23-26H,1,8-10H2,2-6H3/t12-,13-,14?,15?,16-,17+,19-,20?,21+/m0/s1. The van der Waals surface area contributed by atoms with E-state index >= 15 is 0 Å². The lowest BCUT2D eigenvalue weighted by Crippen LogP contribution is -2.83. The van der Waals surface area contributed by atoms with Crippen LogP contribution in [0.2, 0.25) is 0 Å². The molecule has 0 bridgehead atoms. The van der Waals surface area contributed by atoms with E-state index < -0.39 is 64.4 Å². The maximum absolute atomic E-state index is 12.0. The van der Waals surface area contributed by atoms with Crippen LogP contribution >= 0.6 is 0 Å². The van der Waals surface area contributed by atoms with E-state index in [0.717, 1.165) is 0 Å². The normalized spacial score (nSPS) is 52.9. The Morgan fingerprint density at radius 2 is 1.79 bits per heavy atom. The molecule has 3 fully saturated rings. The molecular weight excluding hydrogens is 364 g/mol. The summed E-state index contributed by atoms with van der Waals surface area (Å²) in [5, 5.41) is 45.5. The minimum absolute atomic E-state index is 0.0713. The van der Waals surface area contributed by atoms with E-state index in [-0.39, 0.29) is 6.42 Å². The van der Waals surface area contributed by atoms with Crippen molar-refractivity contribution in [3.63, 3.8) is 0 Å². The predicted molar refractivity (Wildman–Crippen MR) is 101 cm³/mol. The number of fused-ring (bicyclic) bond motifs is 3. The van der Waals surface area contributed by atoms with Gasteiger partial charge in [0.15, 0.2) is 6.10 Å². The maximum Gasteiger partial charge on any atom is 0.303 e. The second-order valence-corrected chi connectivity index (χ2v) is 9.97. The lowest BCUT2D eigenvalue weighted by Gasteiger charge is -2.69. The SMILES string of the molecule is C=C[C@@]1(C)C[C@H](O)[C@@]2(O)[C@H](O1)C(OC(C)=O)C(O)[C@H]1C(C)(C)CC[C@H](O)C12C. The zero-order valence-electron chi connectivity index (χ0n) is 17.4. The Balaban J connectivity index is 2.23. The summed E-state index contributed by atoms with van der Waals surface area (Å²) in [6, 6.07) is 0. The minimum Gasteiger partial charge on any atom is -0.457 e. The van der Waals surface area contributed by atoms with E-state index in [1.807, 2.05) is 13.8 Å². The number of aliphatic hydroxyl groups is 4. The van der Waals surface area contributed by atoms with Gasteiger partial charge >= 0.3 is 5.97 Å². The van der Waals surface area contributed by atoms with Crippen molar-refractivity contribution in [1.29, 1.82) is 0 Å². The molecule has 160 valence electrons. The van der Waals surface area contributed by atoms with Gasteiger partial charge in [-0.15, -0.1) is 6.58 Å². The van der Waals surface area contributed by atoms with Gasteiger partial charge in [-0.3, -0.25) is 4.79 Å². The fourth-order valence-corrected chi connectivity index (χ4v) is 6.28. The van der Waals surface area contributed by atoms with Gasteiger partial charge in [0.25, 0.3) is 0 Å². The fourth-order valence-electron chi connectivity index (χ4n) is 6.28. The monoisotopic (exact) mass is 398 g/mol. The van der Waals surface area contributed by atoms with Crippen LogP contribution < -0.4 is 0 Å². The number of carbonyl (C=O) groups is 1. The van der Waals surface area contributed by atoms with Crippen LogP contribution in [0.25, 0.3) is 0 Å². The summed E-state index contributed by atoms with van der Waals surface area (Å²) in [4.78, 5) is 11.8. The highest BCUT2D eigenvalue weighted by molar-refractivity contribution is 5.66. The molecule has 1 saturated heterocycles. The highest BCUT2D eigenvalue weighted by Gasteiger charge is 2.76. The summed E-state index contributed by atoms with van der Waals surface area (Å²) >= 11 is 0. The summed E-state index contributed by atoms with van der Waals surface area (Å²) in [7, 11) is 0. The molecule has 7 nitrogen and oxygen atoms in total. The van der Waals surface area contributed by atoms with Gasteiger partial charge in [-0.05, 0) is 25.2 Å². The molecule has 2 saturated carbocycles. The second-order valence-electron chi connectivity index (χ2n) is 9.97. The Kier molecular flexibility index (Phi) is 5.04. The first-order valence-corrected chi connectivity index (χ1v) is 10.00. The van der Waals surface area contributed by atoms with E-state index in [1.54, 1.807) is 13.8 Å². The van der Waals surface area contributed by atoms with E-state index in [2.05, 4.69) is 6.58 Å². The highest BCUT2D eigenvalue weighted by Crippen LogP contribution is 2.64. The lowest BCUT2D eigenvalue weighted by atomic mass is 9.42. The van der Waals surface area contributed by atoms with Crippen LogP contribution in [0.4, 0.5) is 0 Å². The summed E-state index contributed by atoms with van der Waals surface area (Å²) < 4.78 is 11.6. The second kappa shape index (κ2) is 6.51. The molecule has 7 heteroatoms. The van der Waals surface area contributed by atoms with Gasteiger partial charge in [0.2, 0.25) is 0 Å². The number of carbonyl (C=O) groups excluding carboxylic acids is 1. The summed E-state index contributed by atoms with van der Waals surface area (Å²) in [5.74, 6) is -1.24. The van der Waals surface area contributed by atoms with Crippen molar-refractivity contribution < 1.29 is 34.7 Å². The maximum atomic E-state index is 12.0. The first kappa shape index (κ1) is 21.7. The highest BCUT2D eigenvalue weighted by atomic mass is 16.6. The molecular formula is C21H34O7. The lowest BCUT2D eigenvalue weighted by molar-refractivity contribution is -0.378. The Bertz CT molecular complexity index is 663. The molecule has 0 aromatic carbocycles. The molecule has 0 aromatic rings. The van der Waals surface area contributed by atoms with Crippen molar-refractivity contribution in [2.24, 2.45) is 16.7 Å². The molecule has 1 heterocycles. The van der Waals surface area contributed by atoms with Gasteiger partial charge < -0.3 is 29.9 Å². The van der Waals surface area contributed by atoms with E-state index in [9.17, 15) is 25.2 Å². The van der Waals surface area contributed by atoms with Crippen LogP contribution in [0.3, 0.4) is 0 Å².